The molecule has 2 aromatic carbocycles. The van der Waals surface area contributed by atoms with E-state index in [1.165, 1.54) is 30.3 Å². The first-order valence-electron chi connectivity index (χ1n) is 10.4. The van der Waals surface area contributed by atoms with Crippen molar-refractivity contribution in [1.29, 1.82) is 0 Å². The first kappa shape index (κ1) is 23.9. The molecule has 1 saturated heterocycles. The van der Waals surface area contributed by atoms with Gasteiger partial charge in [-0.2, -0.15) is 0 Å². The average Bonchev–Trinajstić information content (AvgIpc) is 2.72. The third-order valence-corrected chi connectivity index (χ3v) is 6.87. The predicted octanol–water partition coefficient (Wildman–Crippen LogP) is 3.39. The van der Waals surface area contributed by atoms with Crippen LogP contribution in [0.15, 0.2) is 53.4 Å². The van der Waals surface area contributed by atoms with Crippen LogP contribution in [0.1, 0.15) is 44.0 Å². The predicted molar refractivity (Wildman–Crippen MR) is 120 cm³/mol. The van der Waals surface area contributed by atoms with Crippen molar-refractivity contribution in [3.05, 3.63) is 59.9 Å². The Morgan fingerprint density at radius 3 is 2.22 bits per heavy atom. The summed E-state index contributed by atoms with van der Waals surface area (Å²) in [6, 6.07) is 11.6. The van der Waals surface area contributed by atoms with E-state index in [1.807, 2.05) is 0 Å². The SMILES string of the molecule is CC(C)(C)NS(=O)(=O)c1ccc(NC(=O)C2CCN(C(=O)c3cccc(F)c3)CC2)cc1. The number of benzene rings is 2. The molecule has 32 heavy (non-hydrogen) atoms. The molecule has 0 bridgehead atoms. The van der Waals surface area contributed by atoms with Crippen LogP contribution < -0.4 is 10.0 Å². The molecule has 0 aliphatic carbocycles. The fourth-order valence-corrected chi connectivity index (χ4v) is 4.99. The summed E-state index contributed by atoms with van der Waals surface area (Å²) in [5, 5.41) is 2.81. The quantitative estimate of drug-likeness (QED) is 0.714. The number of likely N-dealkylation sites (tertiary alicyclic amines) is 1. The summed E-state index contributed by atoms with van der Waals surface area (Å²) in [6.07, 6.45) is 0.990. The van der Waals surface area contributed by atoms with E-state index in [2.05, 4.69) is 10.0 Å². The third kappa shape index (κ3) is 6.14. The lowest BCUT2D eigenvalue weighted by molar-refractivity contribution is -0.121. The standard InChI is InChI=1S/C23H28FN3O4S/c1-23(2,3)26-32(30,31)20-9-7-19(8-10-20)25-21(28)16-11-13-27(14-12-16)22(29)17-5-4-6-18(24)15-17/h4-10,15-16,26H,11-14H2,1-3H3,(H,25,28). The van der Waals surface area contributed by atoms with Gasteiger partial charge < -0.3 is 10.2 Å². The number of nitrogens with one attached hydrogen (secondary N) is 2. The number of sulfonamides is 1. The minimum atomic E-state index is -3.65. The molecule has 0 radical (unpaired) electrons. The second-order valence-corrected chi connectivity index (χ2v) is 10.6. The average molecular weight is 462 g/mol. The largest absolute Gasteiger partial charge is 0.339 e. The highest BCUT2D eigenvalue weighted by Gasteiger charge is 2.28. The van der Waals surface area contributed by atoms with Crippen molar-refractivity contribution in [3.8, 4) is 0 Å². The van der Waals surface area contributed by atoms with Gasteiger partial charge in [-0.1, -0.05) is 6.07 Å². The van der Waals surface area contributed by atoms with Gasteiger partial charge in [0.05, 0.1) is 4.90 Å². The Hall–Kier alpha value is -2.78. The molecule has 0 aromatic heterocycles. The molecule has 7 nitrogen and oxygen atoms in total. The smallest absolute Gasteiger partial charge is 0.253 e. The van der Waals surface area contributed by atoms with Crippen molar-refractivity contribution in [2.24, 2.45) is 5.92 Å². The molecule has 3 rings (SSSR count). The summed E-state index contributed by atoms with van der Waals surface area (Å²) in [5.41, 5.74) is 0.197. The summed E-state index contributed by atoms with van der Waals surface area (Å²) in [4.78, 5) is 26.9. The Labute approximate surface area is 188 Å². The molecule has 172 valence electrons. The zero-order valence-electron chi connectivity index (χ0n) is 18.4. The minimum absolute atomic E-state index is 0.120. The minimum Gasteiger partial charge on any atom is -0.339 e. The van der Waals surface area contributed by atoms with Crippen LogP contribution in [0.5, 0.6) is 0 Å². The van der Waals surface area contributed by atoms with Crippen LogP contribution in [-0.4, -0.2) is 43.8 Å². The van der Waals surface area contributed by atoms with Crippen LogP contribution in [0.2, 0.25) is 0 Å². The molecule has 2 aromatic rings. The Morgan fingerprint density at radius 2 is 1.66 bits per heavy atom. The topological polar surface area (TPSA) is 95.6 Å². The third-order valence-electron chi connectivity index (χ3n) is 5.10. The van der Waals surface area contributed by atoms with E-state index < -0.39 is 21.4 Å². The van der Waals surface area contributed by atoms with Crippen molar-refractivity contribution < 1.29 is 22.4 Å². The second kappa shape index (κ2) is 9.38. The Balaban J connectivity index is 1.55. The van der Waals surface area contributed by atoms with Gasteiger partial charge >= 0.3 is 0 Å². The van der Waals surface area contributed by atoms with Crippen LogP contribution in [0.25, 0.3) is 0 Å². The van der Waals surface area contributed by atoms with E-state index >= 15 is 0 Å². The first-order valence-corrected chi connectivity index (χ1v) is 11.9. The summed E-state index contributed by atoms with van der Waals surface area (Å²) in [5.74, 6) is -1.15. The molecular formula is C23H28FN3O4S. The molecule has 0 saturated carbocycles. The van der Waals surface area contributed by atoms with E-state index in [0.717, 1.165) is 0 Å². The lowest BCUT2D eigenvalue weighted by atomic mass is 9.95. The van der Waals surface area contributed by atoms with E-state index in [1.54, 1.807) is 43.9 Å². The number of anilines is 1. The number of hydrogen-bond acceptors (Lipinski definition) is 4. The van der Waals surface area contributed by atoms with E-state index in [9.17, 15) is 22.4 Å². The number of halogens is 1. The van der Waals surface area contributed by atoms with Gasteiger partial charge in [0.15, 0.2) is 0 Å². The zero-order valence-corrected chi connectivity index (χ0v) is 19.2. The molecule has 0 unspecified atom stereocenters. The fraction of sp³-hybridized carbons (Fsp3) is 0.391. The molecule has 1 fully saturated rings. The molecular weight excluding hydrogens is 433 g/mol. The second-order valence-electron chi connectivity index (χ2n) is 8.95. The highest BCUT2D eigenvalue weighted by Crippen LogP contribution is 2.22. The number of rotatable bonds is 5. The van der Waals surface area contributed by atoms with Crippen molar-refractivity contribution in [1.82, 2.24) is 9.62 Å². The van der Waals surface area contributed by atoms with Crippen molar-refractivity contribution in [3.63, 3.8) is 0 Å². The van der Waals surface area contributed by atoms with Crippen LogP contribution in [0, 0.1) is 11.7 Å². The van der Waals surface area contributed by atoms with Crippen LogP contribution >= 0.6 is 0 Å². The van der Waals surface area contributed by atoms with Crippen molar-refractivity contribution >= 4 is 27.5 Å². The summed E-state index contributed by atoms with van der Waals surface area (Å²) in [7, 11) is -3.65. The van der Waals surface area contributed by atoms with Crippen LogP contribution in [0.4, 0.5) is 10.1 Å². The molecule has 1 heterocycles. The van der Waals surface area contributed by atoms with Crippen LogP contribution in [0.3, 0.4) is 0 Å². The number of carbonyl (C=O) groups is 2. The first-order chi connectivity index (χ1) is 14.9. The highest BCUT2D eigenvalue weighted by molar-refractivity contribution is 7.89. The van der Waals surface area contributed by atoms with Gasteiger partial charge in [-0.3, -0.25) is 9.59 Å². The molecule has 0 spiro atoms. The summed E-state index contributed by atoms with van der Waals surface area (Å²) >= 11 is 0. The Morgan fingerprint density at radius 1 is 1.03 bits per heavy atom. The van der Waals surface area contributed by atoms with Gasteiger partial charge in [0.25, 0.3) is 5.91 Å². The maximum absolute atomic E-state index is 13.4. The summed E-state index contributed by atoms with van der Waals surface area (Å²) < 4.78 is 40.7. The molecule has 1 aliphatic heterocycles. The normalized spacial score (nSPS) is 15.4. The van der Waals surface area contributed by atoms with Crippen molar-refractivity contribution in [2.75, 3.05) is 18.4 Å². The van der Waals surface area contributed by atoms with Gasteiger partial charge in [-0.15, -0.1) is 0 Å². The molecule has 0 atom stereocenters. The van der Waals surface area contributed by atoms with E-state index in [0.29, 0.717) is 37.2 Å². The Bertz CT molecular complexity index is 1090. The lowest BCUT2D eigenvalue weighted by Gasteiger charge is -2.31. The van der Waals surface area contributed by atoms with Gasteiger partial charge in [0, 0.05) is 35.8 Å². The maximum atomic E-state index is 13.4. The number of amides is 2. The maximum Gasteiger partial charge on any atom is 0.253 e. The van der Waals surface area contributed by atoms with E-state index in [4.69, 9.17) is 0 Å². The number of piperidine rings is 1. The summed E-state index contributed by atoms with van der Waals surface area (Å²) in [6.45, 7) is 6.09. The van der Waals surface area contributed by atoms with Crippen LogP contribution in [-0.2, 0) is 14.8 Å². The molecule has 2 N–H and O–H groups in total. The highest BCUT2D eigenvalue weighted by atomic mass is 32.2. The number of hydrogen-bond donors (Lipinski definition) is 2. The zero-order chi connectivity index (χ0) is 23.5. The Kier molecular flexibility index (Phi) is 7.00. The fourth-order valence-electron chi connectivity index (χ4n) is 3.57. The van der Waals surface area contributed by atoms with Gasteiger partial charge in [-0.25, -0.2) is 17.5 Å². The van der Waals surface area contributed by atoms with Gasteiger partial charge in [0.2, 0.25) is 15.9 Å². The van der Waals surface area contributed by atoms with Crippen molar-refractivity contribution in [2.45, 2.75) is 44.0 Å². The lowest BCUT2D eigenvalue weighted by Crippen LogP contribution is -2.41. The monoisotopic (exact) mass is 461 g/mol. The molecule has 2 amide bonds. The van der Waals surface area contributed by atoms with Gasteiger partial charge in [0.1, 0.15) is 5.82 Å². The molecule has 1 aliphatic rings. The number of nitrogens with zero attached hydrogens (tertiary/aromatic N) is 1. The number of carbonyl (C=O) groups excluding carboxylic acids is 2. The molecule has 9 heteroatoms. The van der Waals surface area contributed by atoms with Gasteiger partial charge in [-0.05, 0) is 76.1 Å². The van der Waals surface area contributed by atoms with E-state index in [-0.39, 0.29) is 22.6 Å².